The van der Waals surface area contributed by atoms with Gasteiger partial charge >= 0.3 is 0 Å². The van der Waals surface area contributed by atoms with Crippen molar-refractivity contribution in [1.82, 2.24) is 4.98 Å². The minimum atomic E-state index is 0.465. The lowest BCUT2D eigenvalue weighted by Gasteiger charge is -2.04. The maximum absolute atomic E-state index is 5.50. The minimum absolute atomic E-state index is 0.465. The summed E-state index contributed by atoms with van der Waals surface area (Å²) in [5.41, 5.74) is 6.48. The van der Waals surface area contributed by atoms with Gasteiger partial charge in [-0.15, -0.1) is 11.8 Å². The van der Waals surface area contributed by atoms with Crippen molar-refractivity contribution in [3.05, 3.63) is 17.3 Å². The maximum atomic E-state index is 5.50. The number of hydrogen-bond acceptors (Lipinski definition) is 4. The third-order valence-corrected chi connectivity index (χ3v) is 3.07. The Hall–Kier alpha value is -0.480. The highest BCUT2D eigenvalue weighted by atomic mass is 32.2. The zero-order valence-electron chi connectivity index (χ0n) is 8.33. The van der Waals surface area contributed by atoms with Crippen molar-refractivity contribution in [1.29, 1.82) is 0 Å². The molecule has 1 aromatic rings. The topological polar surface area (TPSA) is 52.0 Å². The molecule has 0 amide bonds. The molecule has 0 aliphatic carbocycles. The summed E-state index contributed by atoms with van der Waals surface area (Å²) < 4.78 is 5.44. The zero-order valence-corrected chi connectivity index (χ0v) is 9.15. The van der Waals surface area contributed by atoms with Gasteiger partial charge in [0.15, 0.2) is 0 Å². The molecule has 0 aliphatic heterocycles. The molecule has 4 heteroatoms. The molecule has 1 unspecified atom stereocenters. The monoisotopic (exact) mass is 200 g/mol. The van der Waals surface area contributed by atoms with Crippen LogP contribution in [0.15, 0.2) is 4.42 Å². The van der Waals surface area contributed by atoms with E-state index in [9.17, 15) is 0 Å². The number of nitrogens with two attached hydrogens (primary N) is 1. The third kappa shape index (κ3) is 3.04. The number of oxazole rings is 1. The molecule has 0 radical (unpaired) electrons. The average molecular weight is 200 g/mol. The predicted octanol–water partition coefficient (Wildman–Crippen LogP) is 1.87. The van der Waals surface area contributed by atoms with E-state index in [1.165, 1.54) is 0 Å². The Balaban J connectivity index is 2.45. The molecule has 74 valence electrons. The number of hydrogen-bond donors (Lipinski definition) is 1. The van der Waals surface area contributed by atoms with Crippen molar-refractivity contribution in [2.24, 2.45) is 5.73 Å². The number of rotatable bonds is 4. The lowest BCUT2D eigenvalue weighted by molar-refractivity contribution is 0.489. The summed E-state index contributed by atoms with van der Waals surface area (Å²) in [4.78, 5) is 4.29. The van der Waals surface area contributed by atoms with E-state index in [1.807, 2.05) is 13.8 Å². The molecule has 1 heterocycles. The number of thioether (sulfide) groups is 1. The fraction of sp³-hybridized carbons (Fsp3) is 0.667. The van der Waals surface area contributed by atoms with Crippen LogP contribution in [0, 0.1) is 13.8 Å². The normalized spacial score (nSPS) is 13.2. The second-order valence-electron chi connectivity index (χ2n) is 3.11. The standard InChI is InChI=1S/C9H16N2OS/c1-6(4-10)13-5-9-11-7(2)8(3)12-9/h6H,4-5,10H2,1-3H3. The average Bonchev–Trinajstić information content (AvgIpc) is 2.42. The molecule has 0 aliphatic rings. The maximum Gasteiger partial charge on any atom is 0.204 e. The van der Waals surface area contributed by atoms with Crippen LogP contribution in [0.2, 0.25) is 0 Å². The molecule has 0 spiro atoms. The Bertz CT molecular complexity index is 253. The highest BCUT2D eigenvalue weighted by Gasteiger charge is 2.07. The summed E-state index contributed by atoms with van der Waals surface area (Å²) in [7, 11) is 0. The van der Waals surface area contributed by atoms with Crippen LogP contribution in [0.3, 0.4) is 0 Å². The summed E-state index contributed by atoms with van der Waals surface area (Å²) in [5, 5.41) is 0.465. The van der Waals surface area contributed by atoms with Crippen LogP contribution in [0.5, 0.6) is 0 Å². The first-order chi connectivity index (χ1) is 6.13. The number of aryl methyl sites for hydroxylation is 2. The molecule has 1 rings (SSSR count). The summed E-state index contributed by atoms with van der Waals surface area (Å²) in [6.45, 7) is 6.69. The van der Waals surface area contributed by atoms with Crippen LogP contribution in [-0.2, 0) is 5.75 Å². The molecular weight excluding hydrogens is 184 g/mol. The van der Waals surface area contributed by atoms with E-state index >= 15 is 0 Å². The molecule has 13 heavy (non-hydrogen) atoms. The van der Waals surface area contributed by atoms with E-state index in [4.69, 9.17) is 10.2 Å². The third-order valence-electron chi connectivity index (χ3n) is 1.90. The van der Waals surface area contributed by atoms with Gasteiger partial charge < -0.3 is 10.2 Å². The fourth-order valence-electron chi connectivity index (χ4n) is 0.882. The predicted molar refractivity (Wildman–Crippen MR) is 55.8 cm³/mol. The van der Waals surface area contributed by atoms with Crippen LogP contribution < -0.4 is 5.73 Å². The van der Waals surface area contributed by atoms with E-state index in [0.29, 0.717) is 11.8 Å². The van der Waals surface area contributed by atoms with Crippen molar-refractivity contribution in [3.63, 3.8) is 0 Å². The van der Waals surface area contributed by atoms with Crippen molar-refractivity contribution < 1.29 is 4.42 Å². The Kier molecular flexibility index (Phi) is 3.81. The Morgan fingerprint density at radius 2 is 2.23 bits per heavy atom. The molecule has 0 bridgehead atoms. The summed E-state index contributed by atoms with van der Waals surface area (Å²) in [6.07, 6.45) is 0. The van der Waals surface area contributed by atoms with Gasteiger partial charge in [-0.05, 0) is 13.8 Å². The van der Waals surface area contributed by atoms with Gasteiger partial charge in [0, 0.05) is 11.8 Å². The molecule has 0 saturated heterocycles. The Morgan fingerprint density at radius 1 is 1.54 bits per heavy atom. The van der Waals surface area contributed by atoms with Crippen LogP contribution >= 0.6 is 11.8 Å². The summed E-state index contributed by atoms with van der Waals surface area (Å²) in [6, 6.07) is 0. The number of nitrogens with zero attached hydrogens (tertiary/aromatic N) is 1. The Morgan fingerprint density at radius 3 is 2.69 bits per heavy atom. The van der Waals surface area contributed by atoms with Gasteiger partial charge in [0.05, 0.1) is 11.4 Å². The fourth-order valence-corrected chi connectivity index (χ4v) is 1.57. The lowest BCUT2D eigenvalue weighted by atomic mass is 10.4. The second kappa shape index (κ2) is 4.67. The van der Waals surface area contributed by atoms with E-state index in [2.05, 4.69) is 11.9 Å². The van der Waals surface area contributed by atoms with Crippen molar-refractivity contribution in [3.8, 4) is 0 Å². The first kappa shape index (κ1) is 10.6. The molecule has 2 N–H and O–H groups in total. The molecule has 1 atom stereocenters. The van der Waals surface area contributed by atoms with Gasteiger partial charge in [0.25, 0.3) is 0 Å². The van der Waals surface area contributed by atoms with Gasteiger partial charge in [0.1, 0.15) is 5.76 Å². The highest BCUT2D eigenvalue weighted by Crippen LogP contribution is 2.18. The lowest BCUT2D eigenvalue weighted by Crippen LogP contribution is -2.12. The Labute approximate surface area is 83.1 Å². The van der Waals surface area contributed by atoms with Gasteiger partial charge in [-0.25, -0.2) is 4.98 Å². The highest BCUT2D eigenvalue weighted by molar-refractivity contribution is 7.99. The van der Waals surface area contributed by atoms with Crippen molar-refractivity contribution in [2.75, 3.05) is 6.54 Å². The van der Waals surface area contributed by atoms with Gasteiger partial charge in [-0.1, -0.05) is 6.92 Å². The quantitative estimate of drug-likeness (QED) is 0.806. The minimum Gasteiger partial charge on any atom is -0.445 e. The smallest absolute Gasteiger partial charge is 0.204 e. The molecular formula is C9H16N2OS. The van der Waals surface area contributed by atoms with Crippen molar-refractivity contribution >= 4 is 11.8 Å². The van der Waals surface area contributed by atoms with Gasteiger partial charge in [0.2, 0.25) is 5.89 Å². The molecule has 0 aromatic carbocycles. The van der Waals surface area contributed by atoms with Crippen LogP contribution in [0.4, 0.5) is 0 Å². The van der Waals surface area contributed by atoms with E-state index in [0.717, 1.165) is 23.1 Å². The zero-order chi connectivity index (χ0) is 9.84. The summed E-state index contributed by atoms with van der Waals surface area (Å²) >= 11 is 1.77. The van der Waals surface area contributed by atoms with Crippen LogP contribution in [0.1, 0.15) is 24.3 Å². The second-order valence-corrected chi connectivity index (χ2v) is 4.53. The van der Waals surface area contributed by atoms with Crippen LogP contribution in [-0.4, -0.2) is 16.8 Å². The van der Waals surface area contributed by atoms with Gasteiger partial charge in [-0.3, -0.25) is 0 Å². The van der Waals surface area contributed by atoms with Crippen LogP contribution in [0.25, 0.3) is 0 Å². The van der Waals surface area contributed by atoms with E-state index in [-0.39, 0.29) is 0 Å². The van der Waals surface area contributed by atoms with E-state index in [1.54, 1.807) is 11.8 Å². The molecule has 0 saturated carbocycles. The SMILES string of the molecule is Cc1nc(CSC(C)CN)oc1C. The number of aromatic nitrogens is 1. The molecule has 3 nitrogen and oxygen atoms in total. The van der Waals surface area contributed by atoms with E-state index < -0.39 is 0 Å². The first-order valence-electron chi connectivity index (χ1n) is 4.38. The first-order valence-corrected chi connectivity index (χ1v) is 5.43. The molecule has 0 fully saturated rings. The summed E-state index contributed by atoms with van der Waals surface area (Å²) in [5.74, 6) is 2.53. The largest absolute Gasteiger partial charge is 0.445 e. The molecule has 1 aromatic heterocycles. The van der Waals surface area contributed by atoms with Gasteiger partial charge in [-0.2, -0.15) is 0 Å². The van der Waals surface area contributed by atoms with Crippen molar-refractivity contribution in [2.45, 2.75) is 31.8 Å².